The van der Waals surface area contributed by atoms with Crippen LogP contribution in [0.2, 0.25) is 0 Å². The Bertz CT molecular complexity index is 1100. The summed E-state index contributed by atoms with van der Waals surface area (Å²) in [6.45, 7) is 2.72. The van der Waals surface area contributed by atoms with Crippen LogP contribution >= 0.6 is 11.3 Å². The molecule has 6 heteroatoms. The van der Waals surface area contributed by atoms with Gasteiger partial charge in [0.15, 0.2) is 0 Å². The topological polar surface area (TPSA) is 52.7 Å². The van der Waals surface area contributed by atoms with Crippen molar-refractivity contribution in [2.24, 2.45) is 23.2 Å². The Morgan fingerprint density at radius 1 is 0.943 bits per heavy atom. The Balaban J connectivity index is 1.02. The second kappa shape index (κ2) is 8.36. The van der Waals surface area contributed by atoms with Crippen molar-refractivity contribution in [3.63, 3.8) is 0 Å². The molecule has 1 unspecified atom stereocenters. The van der Waals surface area contributed by atoms with Crippen molar-refractivity contribution in [1.29, 1.82) is 0 Å². The van der Waals surface area contributed by atoms with E-state index in [4.69, 9.17) is 0 Å². The lowest BCUT2D eigenvalue weighted by Crippen LogP contribution is -2.56. The molecule has 1 saturated heterocycles. The summed E-state index contributed by atoms with van der Waals surface area (Å²) < 4.78 is 0. The molecule has 1 atom stereocenters. The highest BCUT2D eigenvalue weighted by Gasteiger charge is 2.56. The molecule has 4 saturated carbocycles. The van der Waals surface area contributed by atoms with E-state index in [2.05, 4.69) is 33.8 Å². The molecule has 35 heavy (non-hydrogen) atoms. The second-order valence-electron chi connectivity index (χ2n) is 11.9. The van der Waals surface area contributed by atoms with Gasteiger partial charge in [-0.25, -0.2) is 0 Å². The number of rotatable bonds is 4. The van der Waals surface area contributed by atoms with Crippen molar-refractivity contribution in [3.05, 3.63) is 46.2 Å². The Kier molecular flexibility index (Phi) is 5.23. The zero-order valence-corrected chi connectivity index (χ0v) is 21.2. The fraction of sp³-hybridized carbons (Fsp3) is 0.586. The summed E-state index contributed by atoms with van der Waals surface area (Å²) in [5.41, 5.74) is 3.28. The molecule has 1 aromatic carbocycles. The molecular formula is C29H35N3O2S. The minimum Gasteiger partial charge on any atom is -0.367 e. The first-order valence-corrected chi connectivity index (χ1v) is 14.5. The summed E-state index contributed by atoms with van der Waals surface area (Å²) >= 11 is 1.86. The molecule has 0 radical (unpaired) electrons. The first-order chi connectivity index (χ1) is 17.1. The third-order valence-electron chi connectivity index (χ3n) is 9.62. The van der Waals surface area contributed by atoms with Crippen LogP contribution in [0.3, 0.4) is 0 Å². The maximum Gasteiger partial charge on any atom is 0.247 e. The maximum absolute atomic E-state index is 13.9. The Morgan fingerprint density at radius 3 is 2.37 bits per heavy atom. The van der Waals surface area contributed by atoms with Crippen LogP contribution < -0.4 is 10.2 Å². The largest absolute Gasteiger partial charge is 0.367 e. The van der Waals surface area contributed by atoms with Crippen LogP contribution in [0, 0.1) is 23.2 Å². The van der Waals surface area contributed by atoms with Crippen LogP contribution in [0.15, 0.2) is 35.7 Å². The van der Waals surface area contributed by atoms with Crippen molar-refractivity contribution < 1.29 is 9.59 Å². The number of fused-ring (bicyclic) bond motifs is 1. The van der Waals surface area contributed by atoms with Gasteiger partial charge in [0.25, 0.3) is 0 Å². The average Bonchev–Trinajstić information content (AvgIpc) is 3.52. The third-order valence-corrected chi connectivity index (χ3v) is 10.6. The van der Waals surface area contributed by atoms with Gasteiger partial charge < -0.3 is 15.1 Å². The van der Waals surface area contributed by atoms with E-state index in [1.165, 1.54) is 35.4 Å². The van der Waals surface area contributed by atoms with E-state index in [-0.39, 0.29) is 17.4 Å². The number of benzene rings is 1. The highest BCUT2D eigenvalue weighted by molar-refractivity contribution is 7.10. The van der Waals surface area contributed by atoms with Gasteiger partial charge in [0.2, 0.25) is 11.8 Å². The molecule has 8 rings (SSSR count). The monoisotopic (exact) mass is 489 g/mol. The van der Waals surface area contributed by atoms with Gasteiger partial charge in [-0.2, -0.15) is 0 Å². The normalized spacial score (nSPS) is 33.1. The first-order valence-electron chi connectivity index (χ1n) is 13.6. The molecule has 3 heterocycles. The standard InChI is InChI=1S/C29H35N3O2S/c33-27(30-23-3-5-24(6-4-23)31-10-7-26-22(18-31)8-11-35-26)25-2-1-9-32(25)28(34)29-15-19-12-20(16-29)14-21(13-19)17-29/h3-6,8,11,19-21,25H,1-2,7,9-10,12-18H2,(H,30,33). The molecule has 184 valence electrons. The van der Waals surface area contributed by atoms with Gasteiger partial charge >= 0.3 is 0 Å². The van der Waals surface area contributed by atoms with Crippen molar-refractivity contribution in [1.82, 2.24) is 4.90 Å². The fourth-order valence-corrected chi connectivity index (χ4v) is 9.30. The first kappa shape index (κ1) is 21.9. The molecule has 4 bridgehead atoms. The van der Waals surface area contributed by atoms with E-state index in [0.29, 0.717) is 5.91 Å². The minimum atomic E-state index is -0.325. The summed E-state index contributed by atoms with van der Waals surface area (Å²) in [7, 11) is 0. The number of carbonyl (C=O) groups is 2. The van der Waals surface area contributed by atoms with Gasteiger partial charge in [0, 0.05) is 35.9 Å². The van der Waals surface area contributed by atoms with E-state index in [1.807, 2.05) is 28.4 Å². The van der Waals surface area contributed by atoms with E-state index in [1.54, 1.807) is 0 Å². The fourth-order valence-electron chi connectivity index (χ4n) is 8.41. The zero-order valence-electron chi connectivity index (χ0n) is 20.4. The Labute approximate surface area is 211 Å². The third kappa shape index (κ3) is 3.80. The molecule has 6 aliphatic rings. The highest BCUT2D eigenvalue weighted by Crippen LogP contribution is 2.60. The second-order valence-corrected chi connectivity index (χ2v) is 12.9. The predicted molar refractivity (Wildman–Crippen MR) is 139 cm³/mol. The van der Waals surface area contributed by atoms with Crippen molar-refractivity contribution in [2.45, 2.75) is 70.4 Å². The number of nitrogens with one attached hydrogen (secondary N) is 1. The van der Waals surface area contributed by atoms with E-state index in [0.717, 1.165) is 81.6 Å². The Morgan fingerprint density at radius 2 is 1.66 bits per heavy atom. The average molecular weight is 490 g/mol. The molecule has 2 aliphatic heterocycles. The quantitative estimate of drug-likeness (QED) is 0.621. The van der Waals surface area contributed by atoms with Crippen molar-refractivity contribution in [3.8, 4) is 0 Å². The van der Waals surface area contributed by atoms with Crippen LogP contribution in [0.5, 0.6) is 0 Å². The lowest BCUT2D eigenvalue weighted by atomic mass is 9.49. The summed E-state index contributed by atoms with van der Waals surface area (Å²) in [5.74, 6) is 2.50. The number of carbonyl (C=O) groups excluding carboxylic acids is 2. The molecule has 2 aromatic rings. The number of nitrogens with zero attached hydrogens (tertiary/aromatic N) is 2. The number of hydrogen-bond donors (Lipinski definition) is 1. The summed E-state index contributed by atoms with van der Waals surface area (Å²) in [5, 5.41) is 5.32. The highest BCUT2D eigenvalue weighted by atomic mass is 32.1. The molecular weight excluding hydrogens is 454 g/mol. The Hall–Kier alpha value is -2.34. The number of likely N-dealkylation sites (tertiary alicyclic amines) is 1. The van der Waals surface area contributed by atoms with Crippen LogP contribution in [0.1, 0.15) is 61.8 Å². The molecule has 1 N–H and O–H groups in total. The van der Waals surface area contributed by atoms with Crippen molar-refractivity contribution in [2.75, 3.05) is 23.3 Å². The van der Waals surface area contributed by atoms with Crippen LogP contribution in [-0.4, -0.2) is 35.8 Å². The van der Waals surface area contributed by atoms with E-state index < -0.39 is 0 Å². The van der Waals surface area contributed by atoms with Gasteiger partial charge in [0.1, 0.15) is 6.04 Å². The van der Waals surface area contributed by atoms with Crippen LogP contribution in [-0.2, 0) is 22.6 Å². The maximum atomic E-state index is 13.9. The van der Waals surface area contributed by atoms with Gasteiger partial charge in [-0.1, -0.05) is 0 Å². The van der Waals surface area contributed by atoms with E-state index in [9.17, 15) is 9.59 Å². The molecule has 4 aliphatic carbocycles. The lowest BCUT2D eigenvalue weighted by Gasteiger charge is -2.56. The predicted octanol–water partition coefficient (Wildman–Crippen LogP) is 5.46. The van der Waals surface area contributed by atoms with E-state index >= 15 is 0 Å². The molecule has 5 fully saturated rings. The SMILES string of the molecule is O=C(Nc1ccc(N2CCc3sccc3C2)cc1)C1CCCN1C(=O)C12CC3CC(CC(C3)C1)C2. The number of hydrogen-bond acceptors (Lipinski definition) is 4. The summed E-state index contributed by atoms with van der Waals surface area (Å²) in [6, 6.07) is 10.2. The minimum absolute atomic E-state index is 0.0192. The zero-order chi connectivity index (χ0) is 23.6. The molecule has 1 aromatic heterocycles. The smallest absolute Gasteiger partial charge is 0.247 e. The number of anilines is 2. The summed E-state index contributed by atoms with van der Waals surface area (Å²) in [4.78, 5) is 33.1. The number of thiophene rings is 1. The molecule has 2 amide bonds. The van der Waals surface area contributed by atoms with Gasteiger partial charge in [-0.3, -0.25) is 9.59 Å². The van der Waals surface area contributed by atoms with Crippen LogP contribution in [0.25, 0.3) is 0 Å². The van der Waals surface area contributed by atoms with Gasteiger partial charge in [-0.15, -0.1) is 11.3 Å². The molecule has 5 nitrogen and oxygen atoms in total. The lowest BCUT2D eigenvalue weighted by molar-refractivity contribution is -0.160. The molecule has 0 spiro atoms. The number of amides is 2. The van der Waals surface area contributed by atoms with Gasteiger partial charge in [0.05, 0.1) is 5.41 Å². The van der Waals surface area contributed by atoms with Gasteiger partial charge in [-0.05, 0) is 117 Å². The van der Waals surface area contributed by atoms with Crippen LogP contribution in [0.4, 0.5) is 11.4 Å². The van der Waals surface area contributed by atoms with Crippen molar-refractivity contribution >= 4 is 34.5 Å². The summed E-state index contributed by atoms with van der Waals surface area (Å²) in [6.07, 6.45) is 9.98.